The first-order chi connectivity index (χ1) is 8.16. The molecule has 8 heteroatoms. The van der Waals surface area contributed by atoms with Crippen molar-refractivity contribution in [2.45, 2.75) is 6.54 Å². The van der Waals surface area contributed by atoms with Gasteiger partial charge >= 0.3 is 0 Å². The van der Waals surface area contributed by atoms with Crippen LogP contribution >= 0.6 is 15.9 Å². The summed E-state index contributed by atoms with van der Waals surface area (Å²) in [6.45, 7) is 0.123. The Morgan fingerprint density at radius 2 is 2.35 bits per heavy atom. The van der Waals surface area contributed by atoms with Gasteiger partial charge in [-0.1, -0.05) is 5.21 Å². The van der Waals surface area contributed by atoms with E-state index in [0.717, 1.165) is 6.07 Å². The first kappa shape index (κ1) is 11.6. The Kier molecular flexibility index (Phi) is 3.43. The van der Waals surface area contributed by atoms with Gasteiger partial charge in [-0.25, -0.2) is 4.39 Å². The van der Waals surface area contributed by atoms with Gasteiger partial charge in [0.25, 0.3) is 5.91 Å². The lowest BCUT2D eigenvalue weighted by atomic mass is 10.2. The molecule has 0 saturated carbocycles. The van der Waals surface area contributed by atoms with Crippen LogP contribution in [0.4, 0.5) is 4.39 Å². The van der Waals surface area contributed by atoms with Crippen molar-refractivity contribution in [3.8, 4) is 0 Å². The van der Waals surface area contributed by atoms with E-state index in [4.69, 9.17) is 0 Å². The zero-order chi connectivity index (χ0) is 12.3. The second-order valence-corrected chi connectivity index (χ2v) is 3.99. The topological polar surface area (TPSA) is 83.6 Å². The number of rotatable bonds is 3. The Morgan fingerprint density at radius 3 is 3.06 bits per heavy atom. The molecule has 6 nitrogen and oxygen atoms in total. The summed E-state index contributed by atoms with van der Waals surface area (Å²) in [4.78, 5) is 11.7. The van der Waals surface area contributed by atoms with Crippen LogP contribution < -0.4 is 5.32 Å². The molecule has 17 heavy (non-hydrogen) atoms. The fourth-order valence-electron chi connectivity index (χ4n) is 1.18. The zero-order valence-electron chi connectivity index (χ0n) is 8.44. The molecule has 0 spiro atoms. The molecule has 1 aromatic carbocycles. The van der Waals surface area contributed by atoms with Crippen LogP contribution in [0.3, 0.4) is 0 Å². The van der Waals surface area contributed by atoms with Crippen LogP contribution in [0, 0.1) is 5.82 Å². The highest BCUT2D eigenvalue weighted by Crippen LogP contribution is 2.17. The van der Waals surface area contributed by atoms with Crippen LogP contribution in [0.5, 0.6) is 0 Å². The molecular formula is C9H7BrFN5O. The van der Waals surface area contributed by atoms with Crippen LogP contribution in [0.15, 0.2) is 22.7 Å². The van der Waals surface area contributed by atoms with Gasteiger partial charge in [-0.15, -0.1) is 10.2 Å². The molecule has 0 radical (unpaired) electrons. The number of aromatic nitrogens is 4. The number of tetrazole rings is 1. The third-order valence-electron chi connectivity index (χ3n) is 1.97. The second kappa shape index (κ2) is 5.00. The normalized spacial score (nSPS) is 10.2. The minimum Gasteiger partial charge on any atom is -0.345 e. The molecule has 1 aromatic heterocycles. The van der Waals surface area contributed by atoms with Gasteiger partial charge in [-0.3, -0.25) is 4.79 Å². The van der Waals surface area contributed by atoms with Gasteiger partial charge in [0.15, 0.2) is 5.82 Å². The van der Waals surface area contributed by atoms with Crippen molar-refractivity contribution in [3.63, 3.8) is 0 Å². The van der Waals surface area contributed by atoms with Crippen molar-refractivity contribution in [2.24, 2.45) is 0 Å². The number of hydrogen-bond donors (Lipinski definition) is 2. The summed E-state index contributed by atoms with van der Waals surface area (Å²) in [7, 11) is 0. The summed E-state index contributed by atoms with van der Waals surface area (Å²) in [5.74, 6) is -0.537. The minimum absolute atomic E-state index is 0.123. The molecule has 2 aromatic rings. The molecule has 1 amide bonds. The van der Waals surface area contributed by atoms with Crippen molar-refractivity contribution in [1.29, 1.82) is 0 Å². The smallest absolute Gasteiger partial charge is 0.252 e. The number of aromatic amines is 1. The van der Waals surface area contributed by atoms with Crippen molar-refractivity contribution in [1.82, 2.24) is 25.9 Å². The van der Waals surface area contributed by atoms with Crippen molar-refractivity contribution in [3.05, 3.63) is 39.9 Å². The lowest BCUT2D eigenvalue weighted by Gasteiger charge is -2.04. The molecule has 1 heterocycles. The molecular weight excluding hydrogens is 293 g/mol. The van der Waals surface area contributed by atoms with Crippen LogP contribution in [0.2, 0.25) is 0 Å². The van der Waals surface area contributed by atoms with E-state index < -0.39 is 11.7 Å². The number of carbonyl (C=O) groups excluding carboxylic acids is 1. The van der Waals surface area contributed by atoms with E-state index in [2.05, 4.69) is 41.9 Å². The van der Waals surface area contributed by atoms with E-state index in [1.165, 1.54) is 12.1 Å². The summed E-state index contributed by atoms with van der Waals surface area (Å²) in [6, 6.07) is 3.88. The number of halogens is 2. The van der Waals surface area contributed by atoms with Gasteiger partial charge in [-0.05, 0) is 34.1 Å². The first-order valence-corrected chi connectivity index (χ1v) is 5.41. The average molecular weight is 300 g/mol. The number of benzene rings is 1. The molecule has 0 aliphatic carbocycles. The van der Waals surface area contributed by atoms with E-state index >= 15 is 0 Å². The van der Waals surface area contributed by atoms with E-state index in [-0.39, 0.29) is 12.1 Å². The fourth-order valence-corrected chi connectivity index (χ4v) is 1.61. The predicted molar refractivity (Wildman–Crippen MR) is 59.4 cm³/mol. The second-order valence-electron chi connectivity index (χ2n) is 3.13. The maximum absolute atomic E-state index is 13.0. The average Bonchev–Trinajstić information content (AvgIpc) is 2.82. The Hall–Kier alpha value is -1.83. The lowest BCUT2D eigenvalue weighted by molar-refractivity contribution is 0.0948. The van der Waals surface area contributed by atoms with E-state index in [0.29, 0.717) is 10.3 Å². The summed E-state index contributed by atoms with van der Waals surface area (Å²) in [5.41, 5.74) is 0.216. The first-order valence-electron chi connectivity index (χ1n) is 4.62. The van der Waals surface area contributed by atoms with E-state index in [9.17, 15) is 9.18 Å². The molecule has 0 atom stereocenters. The SMILES string of the molecule is O=C(NCc1nn[nH]n1)c1cc(F)ccc1Br. The minimum atomic E-state index is -0.474. The predicted octanol–water partition coefficient (Wildman–Crippen LogP) is 1.03. The number of carbonyl (C=O) groups is 1. The Balaban J connectivity index is 2.07. The molecule has 88 valence electrons. The van der Waals surface area contributed by atoms with Gasteiger partial charge in [0.2, 0.25) is 0 Å². The number of H-pyrrole nitrogens is 1. The van der Waals surface area contributed by atoms with Gasteiger partial charge in [0, 0.05) is 4.47 Å². The number of amides is 1. The van der Waals surface area contributed by atoms with Crippen LogP contribution in [0.1, 0.15) is 16.2 Å². The summed E-state index contributed by atoms with van der Waals surface area (Å²) in [5, 5.41) is 15.5. The lowest BCUT2D eigenvalue weighted by Crippen LogP contribution is -2.24. The van der Waals surface area contributed by atoms with Gasteiger partial charge < -0.3 is 5.32 Å². The number of nitrogens with one attached hydrogen (secondary N) is 2. The van der Waals surface area contributed by atoms with Crippen molar-refractivity contribution < 1.29 is 9.18 Å². The molecule has 0 bridgehead atoms. The Morgan fingerprint density at radius 1 is 1.53 bits per heavy atom. The third kappa shape index (κ3) is 2.84. The maximum Gasteiger partial charge on any atom is 0.252 e. The monoisotopic (exact) mass is 299 g/mol. The maximum atomic E-state index is 13.0. The third-order valence-corrected chi connectivity index (χ3v) is 2.66. The van der Waals surface area contributed by atoms with Crippen molar-refractivity contribution >= 4 is 21.8 Å². The van der Waals surface area contributed by atoms with Crippen LogP contribution in [-0.2, 0) is 6.54 Å². The highest BCUT2D eigenvalue weighted by molar-refractivity contribution is 9.10. The number of nitrogens with zero attached hydrogens (tertiary/aromatic N) is 3. The largest absolute Gasteiger partial charge is 0.345 e. The molecule has 0 aliphatic rings. The molecule has 2 rings (SSSR count). The molecule has 2 N–H and O–H groups in total. The number of hydrogen-bond acceptors (Lipinski definition) is 4. The van der Waals surface area contributed by atoms with Gasteiger partial charge in [0.05, 0.1) is 12.1 Å². The molecule has 0 unspecified atom stereocenters. The molecule has 0 fully saturated rings. The van der Waals surface area contributed by atoms with Crippen LogP contribution in [-0.4, -0.2) is 26.5 Å². The molecule has 0 saturated heterocycles. The fraction of sp³-hybridized carbons (Fsp3) is 0.111. The summed E-state index contributed by atoms with van der Waals surface area (Å²) < 4.78 is 13.5. The van der Waals surface area contributed by atoms with Crippen molar-refractivity contribution in [2.75, 3.05) is 0 Å². The van der Waals surface area contributed by atoms with Gasteiger partial charge in [0.1, 0.15) is 5.82 Å². The zero-order valence-corrected chi connectivity index (χ0v) is 10.0. The Labute approximate surface area is 104 Å². The van der Waals surface area contributed by atoms with E-state index in [1.54, 1.807) is 0 Å². The Bertz CT molecular complexity index is 530. The van der Waals surface area contributed by atoms with Crippen LogP contribution in [0.25, 0.3) is 0 Å². The standard InChI is InChI=1S/C9H7BrFN5O/c10-7-2-1-5(11)3-6(7)9(17)12-4-8-13-15-16-14-8/h1-3H,4H2,(H,12,17)(H,13,14,15,16). The van der Waals surface area contributed by atoms with E-state index in [1.807, 2.05) is 0 Å². The highest BCUT2D eigenvalue weighted by atomic mass is 79.9. The summed E-state index contributed by atoms with van der Waals surface area (Å²) in [6.07, 6.45) is 0. The quantitative estimate of drug-likeness (QED) is 0.887. The van der Waals surface area contributed by atoms with Gasteiger partial charge in [-0.2, -0.15) is 5.21 Å². The molecule has 0 aliphatic heterocycles. The highest BCUT2D eigenvalue weighted by Gasteiger charge is 2.11. The summed E-state index contributed by atoms with van der Waals surface area (Å²) >= 11 is 3.17.